The molecule has 0 spiro atoms. The predicted molar refractivity (Wildman–Crippen MR) is 259 cm³/mol. The monoisotopic (exact) mass is 948 g/mol. The number of nitrogens with one attached hydrogen (secondary N) is 3. The molecule has 16 heteroatoms. The Kier molecular flexibility index (Phi) is 23.9. The molecule has 0 unspecified atom stereocenters. The minimum Gasteiger partial charge on any atom is -0.507 e. The van der Waals surface area contributed by atoms with E-state index in [1.807, 2.05) is 0 Å². The number of carbonyl (C=O) groups is 8. The van der Waals surface area contributed by atoms with Crippen molar-refractivity contribution in [3.63, 3.8) is 0 Å². The van der Waals surface area contributed by atoms with E-state index in [9.17, 15) is 53.7 Å². The van der Waals surface area contributed by atoms with Crippen molar-refractivity contribution in [2.75, 3.05) is 20.7 Å². The van der Waals surface area contributed by atoms with Gasteiger partial charge in [0.15, 0.2) is 17.3 Å². The third kappa shape index (κ3) is 17.5. The van der Waals surface area contributed by atoms with Gasteiger partial charge in [-0.3, -0.25) is 38.4 Å². The zero-order chi connectivity index (χ0) is 50.5. The topological polar surface area (TPSA) is 240 Å². The van der Waals surface area contributed by atoms with Crippen LogP contribution in [-0.2, 0) is 44.8 Å². The number of Topliss-reactive ketones (excluding diaryl/α,β-unsaturated/α-hetero) is 3. The van der Waals surface area contributed by atoms with E-state index in [0.29, 0.717) is 12.0 Å². The van der Waals surface area contributed by atoms with E-state index >= 15 is 0 Å². The van der Waals surface area contributed by atoms with E-state index in [1.54, 1.807) is 6.07 Å². The average Bonchev–Trinajstić information content (AvgIpc) is 3.30. The molecule has 6 N–H and O–H groups in total. The zero-order valence-corrected chi connectivity index (χ0v) is 41.4. The molecule has 6 atom stereocenters. The summed E-state index contributed by atoms with van der Waals surface area (Å²) in [5.41, 5.74) is 1.00. The maximum atomic E-state index is 14.2. The van der Waals surface area contributed by atoms with Gasteiger partial charge in [-0.25, -0.2) is 0 Å². The number of aromatic hydroxyl groups is 2. The highest BCUT2D eigenvalue weighted by molar-refractivity contribution is 5.97. The molecule has 3 rings (SSSR count). The molecule has 1 aliphatic rings. The first-order valence-corrected chi connectivity index (χ1v) is 24.5. The average molecular weight is 948 g/mol. The highest BCUT2D eigenvalue weighted by Gasteiger charge is 2.34. The van der Waals surface area contributed by atoms with Gasteiger partial charge in [0.25, 0.3) is 0 Å². The fourth-order valence-corrected chi connectivity index (χ4v) is 8.35. The van der Waals surface area contributed by atoms with Crippen LogP contribution < -0.4 is 16.0 Å². The molecule has 1 aliphatic heterocycles. The lowest BCUT2D eigenvalue weighted by atomic mass is 9.89. The number of fused-ring (bicyclic) bond motifs is 5. The molecule has 0 aliphatic carbocycles. The zero-order valence-electron chi connectivity index (χ0n) is 41.4. The van der Waals surface area contributed by atoms with Gasteiger partial charge in [-0.1, -0.05) is 103 Å². The molecule has 376 valence electrons. The first-order chi connectivity index (χ1) is 32.3. The number of rotatable bonds is 26. The summed E-state index contributed by atoms with van der Waals surface area (Å²) in [6, 6.07) is 2.98. The number of hydrogen-bond donors (Lipinski definition) is 6. The van der Waals surface area contributed by atoms with Crippen LogP contribution in [0.1, 0.15) is 161 Å². The third-order valence-electron chi connectivity index (χ3n) is 13.0. The molecule has 5 amide bonds. The number of likely N-dealkylation sites (N-methyl/N-ethyl adjacent to an activating group) is 2. The van der Waals surface area contributed by atoms with Crippen LogP contribution in [0.15, 0.2) is 36.4 Å². The molecule has 1 heterocycles. The molecular formula is C52H77N5O11. The summed E-state index contributed by atoms with van der Waals surface area (Å²) in [4.78, 5) is 109. The minimum absolute atomic E-state index is 0.0597. The summed E-state index contributed by atoms with van der Waals surface area (Å²) in [5.74, 6) is -5.82. The highest BCUT2D eigenvalue weighted by atomic mass is 16.3. The van der Waals surface area contributed by atoms with Gasteiger partial charge in [-0.05, 0) is 62.6 Å². The summed E-state index contributed by atoms with van der Waals surface area (Å²) in [7, 11) is 2.81. The normalized spacial score (nSPS) is 17.4. The van der Waals surface area contributed by atoms with Crippen molar-refractivity contribution >= 4 is 46.9 Å². The number of phenols is 2. The number of amides is 5. The van der Waals surface area contributed by atoms with Crippen LogP contribution in [0.2, 0.25) is 0 Å². The standard InChI is InChI=1S/C52H77N5O11/c1-8-9-10-11-12-13-14-15-16-17-18-19-20-21-47(64)56(6)42(32-58)52(68)54-35(4)43(60)26-27-48(65)57(7)49-38-23-25-45(62)40(31-38)39-29-37(22-24-44(39)61)30-41(51(67)53-34(3)36(5)59)55-50(66)33(2)28-46(49)63/h22-25,29,31,33-35,41-42,49,58,61-62H,8-21,26-28,30,32H2,1-7H3,(H,53,67)(H,54,68)(H,55,66)/t33-,34+,35-,41+,42-,49+/m1/s1. The Morgan fingerprint density at radius 2 is 1.28 bits per heavy atom. The maximum Gasteiger partial charge on any atom is 0.245 e. The lowest BCUT2D eigenvalue weighted by molar-refractivity contribution is -0.142. The maximum absolute atomic E-state index is 14.2. The number of unbranched alkanes of at least 4 members (excludes halogenated alkanes) is 12. The quantitative estimate of drug-likeness (QED) is 0.0585. The molecule has 2 aromatic carbocycles. The Balaban J connectivity index is 1.65. The van der Waals surface area contributed by atoms with Crippen molar-refractivity contribution < 1.29 is 53.7 Å². The smallest absolute Gasteiger partial charge is 0.245 e. The van der Waals surface area contributed by atoms with Crippen LogP contribution in [0.4, 0.5) is 0 Å². The van der Waals surface area contributed by atoms with Gasteiger partial charge in [-0.15, -0.1) is 0 Å². The van der Waals surface area contributed by atoms with E-state index in [1.165, 1.54) is 135 Å². The molecule has 0 aromatic heterocycles. The van der Waals surface area contributed by atoms with Gasteiger partial charge in [0.2, 0.25) is 29.5 Å². The lowest BCUT2D eigenvalue weighted by Gasteiger charge is -2.30. The van der Waals surface area contributed by atoms with Gasteiger partial charge < -0.3 is 41.1 Å². The second-order valence-electron chi connectivity index (χ2n) is 18.6. The van der Waals surface area contributed by atoms with E-state index in [-0.39, 0.29) is 72.0 Å². The summed E-state index contributed by atoms with van der Waals surface area (Å²) in [5, 5.41) is 39.9. The summed E-state index contributed by atoms with van der Waals surface area (Å²) >= 11 is 0. The van der Waals surface area contributed by atoms with E-state index < -0.39 is 77.9 Å². The van der Waals surface area contributed by atoms with Crippen LogP contribution in [0.3, 0.4) is 0 Å². The number of ketones is 3. The second-order valence-corrected chi connectivity index (χ2v) is 18.6. The molecule has 4 bridgehead atoms. The molecule has 0 saturated carbocycles. The first kappa shape index (κ1) is 56.7. The third-order valence-corrected chi connectivity index (χ3v) is 13.0. The molecule has 0 fully saturated rings. The van der Waals surface area contributed by atoms with Gasteiger partial charge in [0.1, 0.15) is 29.6 Å². The summed E-state index contributed by atoms with van der Waals surface area (Å²) in [6.07, 6.45) is 14.2. The van der Waals surface area contributed by atoms with Gasteiger partial charge >= 0.3 is 0 Å². The lowest BCUT2D eigenvalue weighted by Crippen LogP contribution is -2.53. The molecular weight excluding hydrogens is 871 g/mol. The second kappa shape index (κ2) is 28.6. The van der Waals surface area contributed by atoms with Crippen molar-refractivity contribution in [2.24, 2.45) is 5.92 Å². The fourth-order valence-electron chi connectivity index (χ4n) is 8.35. The number of phenolic OH excluding ortho intramolecular Hbond substituents is 2. The van der Waals surface area contributed by atoms with Gasteiger partial charge in [0, 0.05) is 63.2 Å². The molecule has 0 radical (unpaired) electrons. The Bertz CT molecular complexity index is 2060. The van der Waals surface area contributed by atoms with Crippen molar-refractivity contribution in [2.45, 2.75) is 180 Å². The predicted octanol–water partition coefficient (Wildman–Crippen LogP) is 6.15. The number of aliphatic hydroxyl groups is 1. The van der Waals surface area contributed by atoms with Crippen molar-refractivity contribution in [1.82, 2.24) is 25.8 Å². The molecule has 68 heavy (non-hydrogen) atoms. The van der Waals surface area contributed by atoms with Crippen LogP contribution in [0.5, 0.6) is 11.5 Å². The van der Waals surface area contributed by atoms with E-state index in [2.05, 4.69) is 22.9 Å². The number of carbonyl (C=O) groups excluding carboxylic acids is 8. The minimum atomic E-state index is -1.33. The number of nitrogens with zero attached hydrogens (tertiary/aromatic N) is 2. The van der Waals surface area contributed by atoms with Crippen LogP contribution in [0, 0.1) is 5.92 Å². The van der Waals surface area contributed by atoms with E-state index in [4.69, 9.17) is 0 Å². The number of aliphatic hydroxyl groups excluding tert-OH is 1. The highest BCUT2D eigenvalue weighted by Crippen LogP contribution is 2.39. The fraction of sp³-hybridized carbons (Fsp3) is 0.615. The van der Waals surface area contributed by atoms with Gasteiger partial charge in [-0.2, -0.15) is 0 Å². The van der Waals surface area contributed by atoms with Crippen molar-refractivity contribution in [3.05, 3.63) is 47.5 Å². The summed E-state index contributed by atoms with van der Waals surface area (Å²) < 4.78 is 0. The Morgan fingerprint density at radius 3 is 1.85 bits per heavy atom. The molecule has 16 nitrogen and oxygen atoms in total. The molecule has 2 aromatic rings. The van der Waals surface area contributed by atoms with Crippen molar-refractivity contribution in [1.29, 1.82) is 0 Å². The first-order valence-electron chi connectivity index (χ1n) is 24.5. The number of hydrogen-bond acceptors (Lipinski definition) is 11. The van der Waals surface area contributed by atoms with Gasteiger partial charge in [0.05, 0.1) is 18.7 Å². The van der Waals surface area contributed by atoms with Crippen molar-refractivity contribution in [3.8, 4) is 22.6 Å². The van der Waals surface area contributed by atoms with Crippen LogP contribution >= 0.6 is 0 Å². The molecule has 0 saturated heterocycles. The largest absolute Gasteiger partial charge is 0.507 e. The Labute approximate surface area is 402 Å². The number of benzene rings is 2. The van der Waals surface area contributed by atoms with Crippen LogP contribution in [-0.4, -0.2) is 117 Å². The van der Waals surface area contributed by atoms with Crippen LogP contribution in [0.25, 0.3) is 11.1 Å². The summed E-state index contributed by atoms with van der Waals surface area (Å²) in [6.45, 7) is 7.32. The Hall–Kier alpha value is -5.64. The Morgan fingerprint density at radius 1 is 0.721 bits per heavy atom. The van der Waals surface area contributed by atoms with E-state index in [0.717, 1.165) is 24.2 Å². The SMILES string of the molecule is CCCCCCCCCCCCCCCC(=O)N(C)[C@H](CO)C(=O)N[C@H](C)C(=O)CCC(=O)N(C)[C@@H]1C(=O)C[C@@H](C)C(=O)N[C@H](C(=O)N[C@@H](C)C(C)=O)Cc2ccc(O)c(c2)-c2cc1ccc2O.